The van der Waals surface area contributed by atoms with Crippen LogP contribution >= 0.6 is 0 Å². The highest BCUT2D eigenvalue weighted by Gasteiger charge is 2.10. The number of pyridine rings is 1. The van der Waals surface area contributed by atoms with E-state index in [1.54, 1.807) is 7.05 Å². The highest BCUT2D eigenvalue weighted by Crippen LogP contribution is 2.17. The first-order valence-electron chi connectivity index (χ1n) is 5.75. The van der Waals surface area contributed by atoms with E-state index < -0.39 is 5.82 Å². The number of unbranched alkanes of at least 4 members (excludes halogenated alkanes) is 1. The first-order valence-corrected chi connectivity index (χ1v) is 5.75. The van der Waals surface area contributed by atoms with E-state index in [0.29, 0.717) is 24.2 Å². The van der Waals surface area contributed by atoms with Crippen LogP contribution in [0.3, 0.4) is 0 Å². The zero-order chi connectivity index (χ0) is 12.7. The number of carbonyl (C=O) groups is 1. The van der Waals surface area contributed by atoms with Crippen LogP contribution in [-0.4, -0.2) is 17.9 Å². The quantitative estimate of drug-likeness (QED) is 0.799. The Balaban J connectivity index is 2.75. The van der Waals surface area contributed by atoms with Crippen molar-refractivity contribution in [2.45, 2.75) is 32.7 Å². The second-order valence-electron chi connectivity index (χ2n) is 3.83. The van der Waals surface area contributed by atoms with E-state index in [1.807, 2.05) is 6.92 Å². The summed E-state index contributed by atoms with van der Waals surface area (Å²) in [4.78, 5) is 15.3. The lowest BCUT2D eigenvalue weighted by molar-refractivity contribution is -0.116. The molecule has 1 aromatic heterocycles. The van der Waals surface area contributed by atoms with Crippen molar-refractivity contribution in [3.05, 3.63) is 23.8 Å². The topological polar surface area (TPSA) is 54.0 Å². The van der Waals surface area contributed by atoms with Crippen LogP contribution in [0.5, 0.6) is 0 Å². The van der Waals surface area contributed by atoms with Gasteiger partial charge in [0.15, 0.2) is 0 Å². The van der Waals surface area contributed by atoms with E-state index in [1.165, 1.54) is 6.20 Å². The minimum absolute atomic E-state index is 0.100. The Morgan fingerprint density at radius 1 is 1.47 bits per heavy atom. The number of anilines is 1. The van der Waals surface area contributed by atoms with Crippen molar-refractivity contribution in [1.82, 2.24) is 10.3 Å². The summed E-state index contributed by atoms with van der Waals surface area (Å²) in [6.07, 6.45) is 4.86. The molecule has 4 nitrogen and oxygen atoms in total. The van der Waals surface area contributed by atoms with Gasteiger partial charge in [0.2, 0.25) is 5.91 Å². The smallest absolute Gasteiger partial charge is 0.224 e. The van der Waals surface area contributed by atoms with Crippen LogP contribution in [0.4, 0.5) is 10.1 Å². The van der Waals surface area contributed by atoms with Gasteiger partial charge in [-0.2, -0.15) is 0 Å². The van der Waals surface area contributed by atoms with Crippen LogP contribution in [0.1, 0.15) is 31.7 Å². The average molecular weight is 239 g/mol. The van der Waals surface area contributed by atoms with Gasteiger partial charge in [0.05, 0.1) is 18.1 Å². The summed E-state index contributed by atoms with van der Waals surface area (Å²) in [5.41, 5.74) is 0.882. The lowest BCUT2D eigenvalue weighted by Gasteiger charge is -2.10. The number of hydrogen-bond acceptors (Lipinski definition) is 3. The lowest BCUT2D eigenvalue weighted by atomic mass is 10.2. The number of hydrogen-bond donors (Lipinski definition) is 2. The molecule has 0 radical (unpaired) electrons. The molecule has 0 aliphatic heterocycles. The maximum Gasteiger partial charge on any atom is 0.224 e. The predicted octanol–water partition coefficient (Wildman–Crippen LogP) is 2.07. The minimum atomic E-state index is -0.410. The summed E-state index contributed by atoms with van der Waals surface area (Å²) in [7, 11) is 1.72. The normalized spacial score (nSPS) is 10.3. The third-order valence-corrected chi connectivity index (χ3v) is 2.39. The van der Waals surface area contributed by atoms with Gasteiger partial charge in [0.1, 0.15) is 5.82 Å². The van der Waals surface area contributed by atoms with Crippen molar-refractivity contribution in [3.8, 4) is 0 Å². The molecule has 0 aromatic carbocycles. The molecule has 5 heteroatoms. The zero-order valence-electron chi connectivity index (χ0n) is 10.2. The standard InChI is InChI=1S/C12H18FN3O/c1-3-4-5-12(17)16-11-8-15-7-10(13)9(11)6-14-2/h7-8,14H,3-6H2,1-2H3,(H,16,17). The fourth-order valence-electron chi connectivity index (χ4n) is 1.48. The maximum atomic E-state index is 13.5. The zero-order valence-corrected chi connectivity index (χ0v) is 10.2. The van der Waals surface area contributed by atoms with Gasteiger partial charge in [-0.05, 0) is 13.5 Å². The Labute approximate surface area is 101 Å². The average Bonchev–Trinajstić information content (AvgIpc) is 2.31. The number of halogens is 1. The Morgan fingerprint density at radius 2 is 2.24 bits per heavy atom. The van der Waals surface area contributed by atoms with Crippen molar-refractivity contribution in [1.29, 1.82) is 0 Å². The van der Waals surface area contributed by atoms with E-state index in [-0.39, 0.29) is 5.91 Å². The Hall–Kier alpha value is -1.49. The number of nitrogens with one attached hydrogen (secondary N) is 2. The molecule has 0 saturated carbocycles. The molecule has 2 N–H and O–H groups in total. The van der Waals surface area contributed by atoms with Crippen molar-refractivity contribution in [2.24, 2.45) is 0 Å². The molecule has 1 aromatic rings. The Bertz CT molecular complexity index is 382. The molecule has 1 rings (SSSR count). The van der Waals surface area contributed by atoms with Crippen molar-refractivity contribution in [3.63, 3.8) is 0 Å². The molecule has 0 fully saturated rings. The SMILES string of the molecule is CCCCC(=O)Nc1cncc(F)c1CNC. The summed E-state index contributed by atoms with van der Waals surface area (Å²) in [5, 5.41) is 5.55. The minimum Gasteiger partial charge on any atom is -0.324 e. The third-order valence-electron chi connectivity index (χ3n) is 2.39. The summed E-state index contributed by atoms with van der Waals surface area (Å²) in [5.74, 6) is -0.510. The van der Waals surface area contributed by atoms with Gasteiger partial charge in [-0.3, -0.25) is 9.78 Å². The Kier molecular flexibility index (Phi) is 5.56. The highest BCUT2D eigenvalue weighted by atomic mass is 19.1. The van der Waals surface area contributed by atoms with Gasteiger partial charge in [-0.1, -0.05) is 13.3 Å². The van der Waals surface area contributed by atoms with E-state index in [4.69, 9.17) is 0 Å². The van der Waals surface area contributed by atoms with Gasteiger partial charge in [0, 0.05) is 18.5 Å². The van der Waals surface area contributed by atoms with Gasteiger partial charge in [-0.15, -0.1) is 0 Å². The van der Waals surface area contributed by atoms with Gasteiger partial charge in [-0.25, -0.2) is 4.39 Å². The molecule has 0 aliphatic rings. The third kappa shape index (κ3) is 4.11. The second-order valence-corrected chi connectivity index (χ2v) is 3.83. The molecule has 0 bridgehead atoms. The van der Waals surface area contributed by atoms with Crippen molar-refractivity contribution < 1.29 is 9.18 Å². The maximum absolute atomic E-state index is 13.5. The molecular weight excluding hydrogens is 221 g/mol. The van der Waals surface area contributed by atoms with Crippen LogP contribution in [0, 0.1) is 5.82 Å². The van der Waals surface area contributed by atoms with Crippen molar-refractivity contribution in [2.75, 3.05) is 12.4 Å². The summed E-state index contributed by atoms with van der Waals surface area (Å²) >= 11 is 0. The molecule has 0 spiro atoms. The van der Waals surface area contributed by atoms with E-state index >= 15 is 0 Å². The molecule has 1 amide bonds. The number of amides is 1. The van der Waals surface area contributed by atoms with Gasteiger partial charge >= 0.3 is 0 Å². The summed E-state index contributed by atoms with van der Waals surface area (Å²) < 4.78 is 13.5. The molecular formula is C12H18FN3O. The van der Waals surface area contributed by atoms with Crippen LogP contribution in [-0.2, 0) is 11.3 Å². The predicted molar refractivity (Wildman–Crippen MR) is 65.1 cm³/mol. The molecule has 94 valence electrons. The van der Waals surface area contributed by atoms with Crippen molar-refractivity contribution >= 4 is 11.6 Å². The van der Waals surface area contributed by atoms with E-state index in [0.717, 1.165) is 19.0 Å². The molecule has 0 atom stereocenters. The highest BCUT2D eigenvalue weighted by molar-refractivity contribution is 5.91. The molecule has 1 heterocycles. The fraction of sp³-hybridized carbons (Fsp3) is 0.500. The number of carbonyl (C=O) groups excluding carboxylic acids is 1. The van der Waals surface area contributed by atoms with Crippen LogP contribution in [0.2, 0.25) is 0 Å². The summed E-state index contributed by atoms with van der Waals surface area (Å²) in [6, 6.07) is 0. The first kappa shape index (κ1) is 13.6. The monoisotopic (exact) mass is 239 g/mol. The number of aromatic nitrogens is 1. The molecule has 17 heavy (non-hydrogen) atoms. The first-order chi connectivity index (χ1) is 8.19. The molecule has 0 saturated heterocycles. The Morgan fingerprint density at radius 3 is 2.88 bits per heavy atom. The van der Waals surface area contributed by atoms with E-state index in [9.17, 15) is 9.18 Å². The second kappa shape index (κ2) is 6.96. The fourth-order valence-corrected chi connectivity index (χ4v) is 1.48. The van der Waals surface area contributed by atoms with Gasteiger partial charge in [0.25, 0.3) is 0 Å². The number of rotatable bonds is 6. The van der Waals surface area contributed by atoms with Crippen LogP contribution in [0.25, 0.3) is 0 Å². The lowest BCUT2D eigenvalue weighted by Crippen LogP contribution is -2.16. The largest absolute Gasteiger partial charge is 0.324 e. The summed E-state index contributed by atoms with van der Waals surface area (Å²) in [6.45, 7) is 2.38. The van der Waals surface area contributed by atoms with Crippen LogP contribution < -0.4 is 10.6 Å². The van der Waals surface area contributed by atoms with Gasteiger partial charge < -0.3 is 10.6 Å². The molecule has 0 aliphatic carbocycles. The van der Waals surface area contributed by atoms with E-state index in [2.05, 4.69) is 15.6 Å². The number of nitrogens with zero attached hydrogens (tertiary/aromatic N) is 1. The van der Waals surface area contributed by atoms with Crippen LogP contribution in [0.15, 0.2) is 12.4 Å². The molecule has 0 unspecified atom stereocenters.